The van der Waals surface area contributed by atoms with Crippen LogP contribution >= 0.6 is 11.8 Å². The summed E-state index contributed by atoms with van der Waals surface area (Å²) in [6.07, 6.45) is 1.94. The third-order valence-electron chi connectivity index (χ3n) is 3.34. The van der Waals surface area contributed by atoms with Crippen LogP contribution in [0.1, 0.15) is 22.8 Å². The molecule has 0 fully saturated rings. The van der Waals surface area contributed by atoms with E-state index in [1.807, 2.05) is 54.8 Å². The minimum atomic E-state index is -1.09. The number of thioether (sulfide) groups is 1. The van der Waals surface area contributed by atoms with Crippen molar-refractivity contribution < 1.29 is 9.90 Å². The zero-order valence-corrected chi connectivity index (χ0v) is 13.0. The van der Waals surface area contributed by atoms with Crippen LogP contribution in [0.3, 0.4) is 0 Å². The maximum absolute atomic E-state index is 12.3. The first-order valence-electron chi connectivity index (χ1n) is 6.74. The third-order valence-corrected chi connectivity index (χ3v) is 4.14. The molecule has 21 heavy (non-hydrogen) atoms. The molecule has 2 rings (SSSR count). The third kappa shape index (κ3) is 3.86. The van der Waals surface area contributed by atoms with Gasteiger partial charge in [-0.25, -0.2) is 0 Å². The normalized spacial score (nSPS) is 13.5. The number of carbonyl (C=O) groups excluding carboxylic acids is 1. The van der Waals surface area contributed by atoms with Gasteiger partial charge in [-0.15, -0.1) is 11.8 Å². The fraction of sp³-hybridized carbons (Fsp3) is 0.235. The van der Waals surface area contributed by atoms with Gasteiger partial charge in [0.1, 0.15) is 5.60 Å². The standard InChI is InChI=1S/C17H19NO2S/c1-17(20,13-8-4-3-5-9-13)12-18-16(19)14-10-6-7-11-15(14)21-2/h3-11,20H,12H2,1-2H3,(H,18,19). The zero-order chi connectivity index (χ0) is 15.3. The Labute approximate surface area is 129 Å². The van der Waals surface area contributed by atoms with Crippen molar-refractivity contribution in [1.82, 2.24) is 5.32 Å². The molecule has 2 aromatic carbocycles. The molecule has 0 saturated heterocycles. The van der Waals surface area contributed by atoms with E-state index in [0.29, 0.717) is 5.56 Å². The Morgan fingerprint density at radius 3 is 2.43 bits per heavy atom. The molecule has 0 spiro atoms. The fourth-order valence-electron chi connectivity index (χ4n) is 2.08. The zero-order valence-electron chi connectivity index (χ0n) is 12.2. The SMILES string of the molecule is CSc1ccccc1C(=O)NCC(C)(O)c1ccccc1. The molecule has 110 valence electrons. The lowest BCUT2D eigenvalue weighted by Gasteiger charge is -2.24. The van der Waals surface area contributed by atoms with Gasteiger partial charge in [-0.2, -0.15) is 0 Å². The second-order valence-electron chi connectivity index (χ2n) is 5.02. The monoisotopic (exact) mass is 301 g/mol. The molecule has 1 unspecified atom stereocenters. The molecule has 0 aliphatic rings. The van der Waals surface area contributed by atoms with Crippen molar-refractivity contribution in [3.63, 3.8) is 0 Å². The molecule has 2 aromatic rings. The van der Waals surface area contributed by atoms with Crippen LogP contribution in [0.5, 0.6) is 0 Å². The number of hydrogen-bond donors (Lipinski definition) is 2. The van der Waals surface area contributed by atoms with Gasteiger partial charge in [-0.1, -0.05) is 42.5 Å². The summed E-state index contributed by atoms with van der Waals surface area (Å²) in [6.45, 7) is 1.86. The Kier molecular flexibility index (Phi) is 5.04. The molecule has 1 atom stereocenters. The molecule has 0 radical (unpaired) electrons. The molecule has 3 nitrogen and oxygen atoms in total. The quantitative estimate of drug-likeness (QED) is 0.835. The summed E-state index contributed by atoms with van der Waals surface area (Å²) in [5, 5.41) is 13.3. The van der Waals surface area contributed by atoms with Gasteiger partial charge >= 0.3 is 0 Å². The van der Waals surface area contributed by atoms with Crippen molar-refractivity contribution in [2.45, 2.75) is 17.4 Å². The lowest BCUT2D eigenvalue weighted by molar-refractivity contribution is 0.0525. The topological polar surface area (TPSA) is 49.3 Å². The van der Waals surface area contributed by atoms with Crippen molar-refractivity contribution in [3.05, 3.63) is 65.7 Å². The Morgan fingerprint density at radius 1 is 1.14 bits per heavy atom. The summed E-state index contributed by atoms with van der Waals surface area (Å²) in [4.78, 5) is 13.2. The first kappa shape index (κ1) is 15.6. The van der Waals surface area contributed by atoms with E-state index >= 15 is 0 Å². The largest absolute Gasteiger partial charge is 0.384 e. The first-order chi connectivity index (χ1) is 10.0. The van der Waals surface area contributed by atoms with E-state index in [9.17, 15) is 9.90 Å². The van der Waals surface area contributed by atoms with Gasteiger partial charge in [-0.05, 0) is 30.9 Å². The van der Waals surface area contributed by atoms with Crippen LogP contribution in [0, 0.1) is 0 Å². The number of hydrogen-bond acceptors (Lipinski definition) is 3. The summed E-state index contributed by atoms with van der Waals surface area (Å²) < 4.78 is 0. The first-order valence-corrected chi connectivity index (χ1v) is 7.96. The predicted molar refractivity (Wildman–Crippen MR) is 86.6 cm³/mol. The molecule has 0 heterocycles. The van der Waals surface area contributed by atoms with Crippen molar-refractivity contribution >= 4 is 17.7 Å². The molecular formula is C17H19NO2S. The van der Waals surface area contributed by atoms with Gasteiger partial charge in [0.15, 0.2) is 0 Å². The van der Waals surface area contributed by atoms with E-state index in [2.05, 4.69) is 5.32 Å². The lowest BCUT2D eigenvalue weighted by Crippen LogP contribution is -2.38. The van der Waals surface area contributed by atoms with E-state index in [0.717, 1.165) is 10.5 Å². The minimum absolute atomic E-state index is 0.165. The van der Waals surface area contributed by atoms with Gasteiger partial charge in [0.2, 0.25) is 0 Å². The second-order valence-corrected chi connectivity index (χ2v) is 5.87. The highest BCUT2D eigenvalue weighted by molar-refractivity contribution is 7.98. The summed E-state index contributed by atoms with van der Waals surface area (Å²) >= 11 is 1.53. The van der Waals surface area contributed by atoms with Crippen molar-refractivity contribution in [1.29, 1.82) is 0 Å². The summed E-state index contributed by atoms with van der Waals surface area (Å²) in [6, 6.07) is 16.8. The van der Waals surface area contributed by atoms with Crippen LogP contribution in [-0.2, 0) is 5.60 Å². The molecule has 0 bridgehead atoms. The van der Waals surface area contributed by atoms with Crippen LogP contribution in [0.4, 0.5) is 0 Å². The van der Waals surface area contributed by atoms with Crippen molar-refractivity contribution in [2.75, 3.05) is 12.8 Å². The van der Waals surface area contributed by atoms with E-state index < -0.39 is 5.60 Å². The summed E-state index contributed by atoms with van der Waals surface area (Å²) in [5.74, 6) is -0.170. The highest BCUT2D eigenvalue weighted by Crippen LogP contribution is 2.21. The number of rotatable bonds is 5. The molecule has 0 aromatic heterocycles. The Morgan fingerprint density at radius 2 is 1.76 bits per heavy atom. The second kappa shape index (κ2) is 6.78. The van der Waals surface area contributed by atoms with Gasteiger partial charge in [0, 0.05) is 4.90 Å². The van der Waals surface area contributed by atoms with Gasteiger partial charge in [0.25, 0.3) is 5.91 Å². The Bertz CT molecular complexity index is 611. The molecule has 1 amide bonds. The number of nitrogens with one attached hydrogen (secondary N) is 1. The van der Waals surface area contributed by atoms with E-state index in [-0.39, 0.29) is 12.5 Å². The maximum atomic E-state index is 12.3. The average Bonchev–Trinajstić information content (AvgIpc) is 2.53. The predicted octanol–water partition coefficient (Wildman–Crippen LogP) is 3.05. The molecular weight excluding hydrogens is 282 g/mol. The number of aliphatic hydroxyl groups is 1. The molecule has 0 saturated carbocycles. The smallest absolute Gasteiger partial charge is 0.252 e. The molecule has 0 aliphatic carbocycles. The molecule has 2 N–H and O–H groups in total. The van der Waals surface area contributed by atoms with E-state index in [1.54, 1.807) is 13.0 Å². The molecule has 4 heteroatoms. The van der Waals surface area contributed by atoms with Crippen LogP contribution in [0.25, 0.3) is 0 Å². The number of carbonyl (C=O) groups is 1. The van der Waals surface area contributed by atoms with Crippen LogP contribution in [0.2, 0.25) is 0 Å². The van der Waals surface area contributed by atoms with E-state index in [4.69, 9.17) is 0 Å². The number of amides is 1. The van der Waals surface area contributed by atoms with Crippen molar-refractivity contribution in [3.8, 4) is 0 Å². The Balaban J connectivity index is 2.07. The van der Waals surface area contributed by atoms with Gasteiger partial charge in [-0.3, -0.25) is 4.79 Å². The van der Waals surface area contributed by atoms with Gasteiger partial charge in [0.05, 0.1) is 12.1 Å². The average molecular weight is 301 g/mol. The van der Waals surface area contributed by atoms with Crippen LogP contribution < -0.4 is 5.32 Å². The molecule has 0 aliphatic heterocycles. The lowest BCUT2D eigenvalue weighted by atomic mass is 9.96. The minimum Gasteiger partial charge on any atom is -0.384 e. The van der Waals surface area contributed by atoms with Crippen molar-refractivity contribution in [2.24, 2.45) is 0 Å². The summed E-state index contributed by atoms with van der Waals surface area (Å²) in [5.41, 5.74) is 0.322. The van der Waals surface area contributed by atoms with Crippen LogP contribution in [0.15, 0.2) is 59.5 Å². The van der Waals surface area contributed by atoms with Gasteiger partial charge < -0.3 is 10.4 Å². The number of benzene rings is 2. The highest BCUT2D eigenvalue weighted by Gasteiger charge is 2.24. The summed E-state index contributed by atoms with van der Waals surface area (Å²) in [7, 11) is 0. The van der Waals surface area contributed by atoms with E-state index in [1.165, 1.54) is 11.8 Å². The van der Waals surface area contributed by atoms with Crippen LogP contribution in [-0.4, -0.2) is 23.8 Å². The highest BCUT2D eigenvalue weighted by atomic mass is 32.2. The fourth-order valence-corrected chi connectivity index (χ4v) is 2.67. The maximum Gasteiger partial charge on any atom is 0.252 e. The Hall–Kier alpha value is -1.78.